The summed E-state index contributed by atoms with van der Waals surface area (Å²) in [5.74, 6) is 0.0672. The number of thiazole rings is 1. The molecule has 1 aromatic heterocycles. The molecule has 1 aliphatic carbocycles. The SMILES string of the molecule is Cc1cc(C)c(NC(=O)C2CCc3ncsc3C2)c(Cl)c1. The quantitative estimate of drug-likeness (QED) is 0.903. The highest BCUT2D eigenvalue weighted by Crippen LogP contribution is 2.31. The van der Waals surface area contributed by atoms with E-state index in [1.807, 2.05) is 31.5 Å². The zero-order valence-corrected chi connectivity index (χ0v) is 13.6. The van der Waals surface area contributed by atoms with Crippen LogP contribution in [0.25, 0.3) is 0 Å². The highest BCUT2D eigenvalue weighted by molar-refractivity contribution is 7.09. The lowest BCUT2D eigenvalue weighted by Gasteiger charge is -2.21. The number of aryl methyl sites for hydroxylation is 3. The number of rotatable bonds is 2. The van der Waals surface area contributed by atoms with Crippen molar-refractivity contribution in [2.45, 2.75) is 33.1 Å². The van der Waals surface area contributed by atoms with E-state index in [0.29, 0.717) is 5.02 Å². The summed E-state index contributed by atoms with van der Waals surface area (Å²) in [7, 11) is 0. The minimum atomic E-state index is 0.00900. The van der Waals surface area contributed by atoms with Gasteiger partial charge in [-0.15, -0.1) is 11.3 Å². The highest BCUT2D eigenvalue weighted by Gasteiger charge is 2.27. The van der Waals surface area contributed by atoms with Gasteiger partial charge in [0.15, 0.2) is 0 Å². The van der Waals surface area contributed by atoms with Crippen molar-refractivity contribution in [2.75, 3.05) is 5.32 Å². The number of nitrogens with one attached hydrogen (secondary N) is 1. The molecule has 0 saturated heterocycles. The van der Waals surface area contributed by atoms with Crippen molar-refractivity contribution >= 4 is 34.5 Å². The summed E-state index contributed by atoms with van der Waals surface area (Å²) in [5, 5.41) is 3.62. The van der Waals surface area contributed by atoms with Crippen LogP contribution in [0.3, 0.4) is 0 Å². The van der Waals surface area contributed by atoms with E-state index in [1.165, 1.54) is 4.88 Å². The van der Waals surface area contributed by atoms with Crippen LogP contribution in [0.4, 0.5) is 5.69 Å². The second-order valence-electron chi connectivity index (χ2n) is 5.59. The fourth-order valence-electron chi connectivity index (χ4n) is 2.82. The van der Waals surface area contributed by atoms with E-state index in [1.54, 1.807) is 11.3 Å². The number of carbonyl (C=O) groups is 1. The summed E-state index contributed by atoms with van der Waals surface area (Å²) < 4.78 is 0. The Morgan fingerprint density at radius 2 is 2.24 bits per heavy atom. The highest BCUT2D eigenvalue weighted by atomic mass is 35.5. The molecule has 1 atom stereocenters. The number of nitrogens with zero attached hydrogens (tertiary/aromatic N) is 1. The second-order valence-corrected chi connectivity index (χ2v) is 6.94. The summed E-state index contributed by atoms with van der Waals surface area (Å²) in [6.07, 6.45) is 2.52. The summed E-state index contributed by atoms with van der Waals surface area (Å²) in [6.45, 7) is 3.97. The molecule has 3 rings (SSSR count). The van der Waals surface area contributed by atoms with E-state index in [-0.39, 0.29) is 11.8 Å². The molecule has 0 aliphatic heterocycles. The largest absolute Gasteiger partial charge is 0.324 e. The summed E-state index contributed by atoms with van der Waals surface area (Å²) in [6, 6.07) is 3.91. The second kappa shape index (κ2) is 5.78. The van der Waals surface area contributed by atoms with Crippen LogP contribution in [0.2, 0.25) is 5.02 Å². The van der Waals surface area contributed by atoms with E-state index in [0.717, 1.165) is 41.8 Å². The molecule has 0 radical (unpaired) electrons. The van der Waals surface area contributed by atoms with Gasteiger partial charge in [0, 0.05) is 10.8 Å². The number of hydrogen-bond acceptors (Lipinski definition) is 3. The number of benzene rings is 1. The zero-order chi connectivity index (χ0) is 15.0. The Kier molecular flexibility index (Phi) is 4.00. The molecule has 1 heterocycles. The molecule has 1 unspecified atom stereocenters. The Morgan fingerprint density at radius 3 is 3.00 bits per heavy atom. The van der Waals surface area contributed by atoms with E-state index in [2.05, 4.69) is 10.3 Å². The van der Waals surface area contributed by atoms with Crippen molar-refractivity contribution in [3.8, 4) is 0 Å². The smallest absolute Gasteiger partial charge is 0.227 e. The van der Waals surface area contributed by atoms with Crippen LogP contribution in [0.5, 0.6) is 0 Å². The van der Waals surface area contributed by atoms with Gasteiger partial charge in [-0.2, -0.15) is 0 Å². The Morgan fingerprint density at radius 1 is 1.43 bits per heavy atom. The lowest BCUT2D eigenvalue weighted by Crippen LogP contribution is -2.28. The van der Waals surface area contributed by atoms with Gasteiger partial charge in [-0.05, 0) is 50.3 Å². The maximum Gasteiger partial charge on any atom is 0.227 e. The third-order valence-electron chi connectivity index (χ3n) is 3.94. The van der Waals surface area contributed by atoms with Gasteiger partial charge in [0.05, 0.1) is 21.9 Å². The molecule has 0 spiro atoms. The van der Waals surface area contributed by atoms with Crippen molar-refractivity contribution in [1.82, 2.24) is 4.98 Å². The summed E-state index contributed by atoms with van der Waals surface area (Å²) >= 11 is 7.90. The average Bonchev–Trinajstić information content (AvgIpc) is 2.89. The number of fused-ring (bicyclic) bond motifs is 1. The lowest BCUT2D eigenvalue weighted by atomic mass is 9.90. The first-order chi connectivity index (χ1) is 10.0. The molecule has 1 N–H and O–H groups in total. The Hall–Kier alpha value is -1.39. The molecule has 0 saturated carbocycles. The van der Waals surface area contributed by atoms with E-state index < -0.39 is 0 Å². The molecule has 5 heteroatoms. The van der Waals surface area contributed by atoms with Gasteiger partial charge < -0.3 is 5.32 Å². The van der Waals surface area contributed by atoms with Gasteiger partial charge in [-0.25, -0.2) is 4.98 Å². The standard InChI is InChI=1S/C16H17ClN2OS/c1-9-5-10(2)15(12(17)6-9)19-16(20)11-3-4-13-14(7-11)21-8-18-13/h5-6,8,11H,3-4,7H2,1-2H3,(H,19,20). The molecule has 21 heavy (non-hydrogen) atoms. The first-order valence-corrected chi connectivity index (χ1v) is 8.29. The molecule has 2 aromatic rings. The topological polar surface area (TPSA) is 42.0 Å². The zero-order valence-electron chi connectivity index (χ0n) is 12.1. The van der Waals surface area contributed by atoms with Crippen LogP contribution in [0.1, 0.15) is 28.1 Å². The van der Waals surface area contributed by atoms with Crippen molar-refractivity contribution in [3.05, 3.63) is 44.4 Å². The predicted octanol–water partition coefficient (Wildman–Crippen LogP) is 4.16. The van der Waals surface area contributed by atoms with Gasteiger partial charge in [0.1, 0.15) is 0 Å². The molecular weight excluding hydrogens is 304 g/mol. The number of aromatic nitrogens is 1. The number of anilines is 1. The van der Waals surface area contributed by atoms with E-state index in [4.69, 9.17) is 11.6 Å². The number of carbonyl (C=O) groups excluding carboxylic acids is 1. The number of amides is 1. The molecule has 1 aliphatic rings. The fourth-order valence-corrected chi connectivity index (χ4v) is 4.09. The van der Waals surface area contributed by atoms with Crippen molar-refractivity contribution in [2.24, 2.45) is 5.92 Å². The van der Waals surface area contributed by atoms with Crippen LogP contribution < -0.4 is 5.32 Å². The number of halogens is 1. The Bertz CT molecular complexity index is 672. The maximum absolute atomic E-state index is 12.5. The normalized spacial score (nSPS) is 17.4. The van der Waals surface area contributed by atoms with Crippen LogP contribution in [-0.2, 0) is 17.6 Å². The monoisotopic (exact) mass is 320 g/mol. The molecule has 0 fully saturated rings. The minimum absolute atomic E-state index is 0.00900. The molecule has 0 bridgehead atoms. The molecule has 3 nitrogen and oxygen atoms in total. The summed E-state index contributed by atoms with van der Waals surface area (Å²) in [5.41, 5.74) is 5.87. The van der Waals surface area contributed by atoms with E-state index >= 15 is 0 Å². The van der Waals surface area contributed by atoms with Gasteiger partial charge in [-0.3, -0.25) is 4.79 Å². The molecule has 110 valence electrons. The Labute approximate surface area is 133 Å². The lowest BCUT2D eigenvalue weighted by molar-refractivity contribution is -0.120. The molecule has 1 aromatic carbocycles. The van der Waals surface area contributed by atoms with Crippen LogP contribution in [0, 0.1) is 19.8 Å². The first-order valence-electron chi connectivity index (χ1n) is 7.03. The third-order valence-corrected chi connectivity index (χ3v) is 5.13. The van der Waals surface area contributed by atoms with Crippen molar-refractivity contribution in [3.63, 3.8) is 0 Å². The predicted molar refractivity (Wildman–Crippen MR) is 87.2 cm³/mol. The Balaban J connectivity index is 1.76. The average molecular weight is 321 g/mol. The summed E-state index contributed by atoms with van der Waals surface area (Å²) in [4.78, 5) is 18.1. The maximum atomic E-state index is 12.5. The van der Waals surface area contributed by atoms with Crippen molar-refractivity contribution < 1.29 is 4.79 Å². The third kappa shape index (κ3) is 2.97. The van der Waals surface area contributed by atoms with Gasteiger partial charge in [-0.1, -0.05) is 17.7 Å². The van der Waals surface area contributed by atoms with Gasteiger partial charge >= 0.3 is 0 Å². The van der Waals surface area contributed by atoms with Crippen LogP contribution >= 0.6 is 22.9 Å². The molecule has 1 amide bonds. The number of hydrogen-bond donors (Lipinski definition) is 1. The first kappa shape index (κ1) is 14.5. The fraction of sp³-hybridized carbons (Fsp3) is 0.375. The van der Waals surface area contributed by atoms with Crippen molar-refractivity contribution in [1.29, 1.82) is 0 Å². The van der Waals surface area contributed by atoms with Crippen LogP contribution in [-0.4, -0.2) is 10.9 Å². The van der Waals surface area contributed by atoms with Crippen LogP contribution in [0.15, 0.2) is 17.6 Å². The van der Waals surface area contributed by atoms with E-state index in [9.17, 15) is 4.79 Å². The molecular formula is C16H17ClN2OS. The van der Waals surface area contributed by atoms with Gasteiger partial charge in [0.2, 0.25) is 5.91 Å². The minimum Gasteiger partial charge on any atom is -0.324 e. The van der Waals surface area contributed by atoms with Gasteiger partial charge in [0.25, 0.3) is 0 Å².